The van der Waals surface area contributed by atoms with Crippen LogP contribution in [0.4, 0.5) is 11.5 Å². The van der Waals surface area contributed by atoms with Crippen LogP contribution >= 0.6 is 23.2 Å². The summed E-state index contributed by atoms with van der Waals surface area (Å²) in [4.78, 5) is 36.8. The standard InChI is InChI=1S/C28H29Cl2N7O3/c1-40-22-15-17(28(39)33-9-13-36-11-2-3-12-36)7-8-21(22)34-26-24(25(31)38)27-32-10-14-37(27)23(35-26)16-18-19(29)5-4-6-20(18)30/h4-8,10,14-15,34H,2-3,9,11-13,16H2,1H3,(H2,31,38)(H,33,39). The molecule has 2 aromatic carbocycles. The van der Waals surface area contributed by atoms with Gasteiger partial charge in [-0.15, -0.1) is 0 Å². The van der Waals surface area contributed by atoms with Crippen molar-refractivity contribution in [2.45, 2.75) is 19.3 Å². The van der Waals surface area contributed by atoms with Gasteiger partial charge in [0.1, 0.15) is 23.0 Å². The Morgan fingerprint density at radius 3 is 2.58 bits per heavy atom. The van der Waals surface area contributed by atoms with Crippen molar-refractivity contribution >= 4 is 52.2 Å². The van der Waals surface area contributed by atoms with Crippen molar-refractivity contribution in [2.75, 3.05) is 38.6 Å². The molecule has 40 heavy (non-hydrogen) atoms. The topological polar surface area (TPSA) is 127 Å². The molecule has 12 heteroatoms. The third-order valence-corrected chi connectivity index (χ3v) is 7.60. The Bertz CT molecular complexity index is 1550. The van der Waals surface area contributed by atoms with Crippen LogP contribution < -0.4 is 21.1 Å². The Labute approximate surface area is 241 Å². The summed E-state index contributed by atoms with van der Waals surface area (Å²) >= 11 is 12.8. The number of nitrogens with one attached hydrogen (secondary N) is 2. The van der Waals surface area contributed by atoms with Crippen LogP contribution in [0.25, 0.3) is 5.65 Å². The van der Waals surface area contributed by atoms with E-state index in [1.54, 1.807) is 53.2 Å². The Balaban J connectivity index is 1.44. The van der Waals surface area contributed by atoms with Crippen molar-refractivity contribution in [1.82, 2.24) is 24.6 Å². The number of amides is 2. The second-order valence-corrected chi connectivity index (χ2v) is 10.3. The molecule has 5 rings (SSSR count). The fourth-order valence-electron chi connectivity index (χ4n) is 4.84. The Hall–Kier alpha value is -3.86. The van der Waals surface area contributed by atoms with Gasteiger partial charge >= 0.3 is 0 Å². The van der Waals surface area contributed by atoms with E-state index in [2.05, 4.69) is 20.5 Å². The highest BCUT2D eigenvalue weighted by molar-refractivity contribution is 6.36. The number of nitrogens with two attached hydrogens (primary N) is 1. The minimum atomic E-state index is -0.707. The Kier molecular flexibility index (Phi) is 8.39. The van der Waals surface area contributed by atoms with Gasteiger partial charge in [0.15, 0.2) is 5.65 Å². The molecule has 10 nitrogen and oxygen atoms in total. The number of hydrogen-bond donors (Lipinski definition) is 3. The summed E-state index contributed by atoms with van der Waals surface area (Å²) in [6, 6.07) is 10.3. The van der Waals surface area contributed by atoms with Crippen molar-refractivity contribution in [1.29, 1.82) is 0 Å². The van der Waals surface area contributed by atoms with E-state index in [-0.39, 0.29) is 23.7 Å². The molecular formula is C28H29Cl2N7O3. The number of benzene rings is 2. The van der Waals surface area contributed by atoms with Gasteiger partial charge in [-0.05, 0) is 61.8 Å². The molecule has 3 heterocycles. The van der Waals surface area contributed by atoms with Crippen LogP contribution in [0, 0.1) is 0 Å². The summed E-state index contributed by atoms with van der Waals surface area (Å²) in [5.41, 5.74) is 7.82. The minimum Gasteiger partial charge on any atom is -0.495 e. The summed E-state index contributed by atoms with van der Waals surface area (Å²) < 4.78 is 7.25. The smallest absolute Gasteiger partial charge is 0.256 e. The van der Waals surface area contributed by atoms with Gasteiger partial charge in [0.25, 0.3) is 11.8 Å². The van der Waals surface area contributed by atoms with Crippen LogP contribution in [-0.2, 0) is 6.42 Å². The number of nitrogens with zero attached hydrogens (tertiary/aromatic N) is 4. The van der Waals surface area contributed by atoms with Gasteiger partial charge < -0.3 is 26.0 Å². The molecular weight excluding hydrogens is 553 g/mol. The van der Waals surface area contributed by atoms with E-state index < -0.39 is 5.91 Å². The van der Waals surface area contributed by atoms with E-state index in [9.17, 15) is 9.59 Å². The van der Waals surface area contributed by atoms with E-state index in [1.165, 1.54) is 20.0 Å². The summed E-state index contributed by atoms with van der Waals surface area (Å²) in [5, 5.41) is 7.11. The second-order valence-electron chi connectivity index (χ2n) is 9.46. The second kappa shape index (κ2) is 12.1. The number of anilines is 2. The zero-order valence-corrected chi connectivity index (χ0v) is 23.4. The number of halogens is 2. The number of carbonyl (C=O) groups is 2. The molecule has 1 saturated heterocycles. The van der Waals surface area contributed by atoms with Crippen LogP contribution in [0.5, 0.6) is 5.75 Å². The van der Waals surface area contributed by atoms with Crippen LogP contribution in [0.1, 0.15) is 44.9 Å². The van der Waals surface area contributed by atoms with Gasteiger partial charge in [-0.2, -0.15) is 0 Å². The molecule has 4 aromatic rings. The van der Waals surface area contributed by atoms with Crippen LogP contribution in [-0.4, -0.2) is 64.4 Å². The quantitative estimate of drug-likeness (QED) is 0.255. The van der Waals surface area contributed by atoms with Gasteiger partial charge in [0.2, 0.25) is 0 Å². The fourth-order valence-corrected chi connectivity index (χ4v) is 5.37. The molecule has 2 amide bonds. The highest BCUT2D eigenvalue weighted by Crippen LogP contribution is 2.32. The summed E-state index contributed by atoms with van der Waals surface area (Å²) in [5.74, 6) is 0.205. The zero-order chi connectivity index (χ0) is 28.2. The van der Waals surface area contributed by atoms with Crippen molar-refractivity contribution in [3.63, 3.8) is 0 Å². The third-order valence-electron chi connectivity index (χ3n) is 6.89. The molecule has 1 aliphatic heterocycles. The molecule has 208 valence electrons. The predicted molar refractivity (Wildman–Crippen MR) is 155 cm³/mol. The SMILES string of the molecule is COc1cc(C(=O)NCCN2CCCC2)ccc1Nc1nc(Cc2c(Cl)cccc2Cl)n2ccnc2c1C(N)=O. The molecule has 2 aromatic heterocycles. The maximum Gasteiger partial charge on any atom is 0.256 e. The molecule has 1 fully saturated rings. The van der Waals surface area contributed by atoms with E-state index in [1.807, 2.05) is 0 Å². The van der Waals surface area contributed by atoms with Crippen LogP contribution in [0.15, 0.2) is 48.8 Å². The number of primary amides is 1. The van der Waals surface area contributed by atoms with Crippen LogP contribution in [0.3, 0.4) is 0 Å². The third kappa shape index (κ3) is 5.84. The predicted octanol–water partition coefficient (Wildman–Crippen LogP) is 4.30. The van der Waals surface area contributed by atoms with Gasteiger partial charge in [-0.25, -0.2) is 9.97 Å². The van der Waals surface area contributed by atoms with Gasteiger partial charge in [0.05, 0.1) is 12.8 Å². The number of carbonyl (C=O) groups excluding carboxylic acids is 2. The average molecular weight is 582 g/mol. The minimum absolute atomic E-state index is 0.102. The number of hydrogen-bond acceptors (Lipinski definition) is 7. The molecule has 0 radical (unpaired) electrons. The lowest BCUT2D eigenvalue weighted by atomic mass is 10.1. The summed E-state index contributed by atoms with van der Waals surface area (Å²) in [7, 11) is 1.50. The molecule has 4 N–H and O–H groups in total. The van der Waals surface area contributed by atoms with E-state index in [0.717, 1.165) is 19.6 Å². The average Bonchev–Trinajstić information content (AvgIpc) is 3.63. The lowest BCUT2D eigenvalue weighted by molar-refractivity contribution is 0.0948. The maximum atomic E-state index is 12.8. The number of aromatic nitrogens is 3. The van der Waals surface area contributed by atoms with Gasteiger partial charge in [0, 0.05) is 47.5 Å². The lowest BCUT2D eigenvalue weighted by Crippen LogP contribution is -2.33. The summed E-state index contributed by atoms with van der Waals surface area (Å²) in [6.07, 6.45) is 5.93. The van der Waals surface area contributed by atoms with Crippen LogP contribution in [0.2, 0.25) is 10.0 Å². The number of likely N-dealkylation sites (tertiary alicyclic amines) is 1. The zero-order valence-electron chi connectivity index (χ0n) is 21.9. The lowest BCUT2D eigenvalue weighted by Gasteiger charge is -2.17. The highest BCUT2D eigenvalue weighted by Gasteiger charge is 2.22. The fraction of sp³-hybridized carbons (Fsp3) is 0.286. The van der Waals surface area contributed by atoms with Crippen molar-refractivity contribution < 1.29 is 14.3 Å². The number of methoxy groups -OCH3 is 1. The number of imidazole rings is 1. The highest BCUT2D eigenvalue weighted by atomic mass is 35.5. The normalized spacial score (nSPS) is 13.5. The van der Waals surface area contributed by atoms with Crippen molar-refractivity contribution in [2.24, 2.45) is 5.73 Å². The maximum absolute atomic E-state index is 12.8. The van der Waals surface area contributed by atoms with Crippen molar-refractivity contribution in [3.8, 4) is 5.75 Å². The first-order chi connectivity index (χ1) is 19.4. The largest absolute Gasteiger partial charge is 0.495 e. The molecule has 0 unspecified atom stereocenters. The molecule has 1 aliphatic rings. The monoisotopic (exact) mass is 581 g/mol. The molecule has 0 spiro atoms. The number of fused-ring (bicyclic) bond motifs is 1. The Morgan fingerprint density at radius 2 is 1.88 bits per heavy atom. The van der Waals surface area contributed by atoms with E-state index >= 15 is 0 Å². The first kappa shape index (κ1) is 27.7. The van der Waals surface area contributed by atoms with E-state index in [4.69, 9.17) is 38.7 Å². The van der Waals surface area contributed by atoms with Gasteiger partial charge in [-0.1, -0.05) is 29.3 Å². The first-order valence-corrected chi connectivity index (χ1v) is 13.7. The molecule has 0 atom stereocenters. The first-order valence-electron chi connectivity index (χ1n) is 12.9. The molecule has 0 saturated carbocycles. The van der Waals surface area contributed by atoms with E-state index in [0.29, 0.717) is 50.6 Å². The number of ether oxygens (including phenoxy) is 1. The Morgan fingerprint density at radius 1 is 1.12 bits per heavy atom. The molecule has 0 aliphatic carbocycles. The number of rotatable bonds is 10. The molecule has 0 bridgehead atoms. The van der Waals surface area contributed by atoms with Gasteiger partial charge in [-0.3, -0.25) is 14.0 Å². The summed E-state index contributed by atoms with van der Waals surface area (Å²) in [6.45, 7) is 3.53. The van der Waals surface area contributed by atoms with Crippen molar-refractivity contribution in [3.05, 3.63) is 81.4 Å².